The van der Waals surface area contributed by atoms with Crippen LogP contribution in [-0.4, -0.2) is 65.4 Å². The maximum absolute atomic E-state index is 13.5. The van der Waals surface area contributed by atoms with Crippen LogP contribution in [0.15, 0.2) is 60.8 Å². The van der Waals surface area contributed by atoms with Gasteiger partial charge >= 0.3 is 6.03 Å². The van der Waals surface area contributed by atoms with Gasteiger partial charge in [-0.15, -0.1) is 10.2 Å². The molecule has 10 nitrogen and oxygen atoms in total. The van der Waals surface area contributed by atoms with Gasteiger partial charge in [0, 0.05) is 24.5 Å². The molecular weight excluding hydrogens is 590 g/mol. The fourth-order valence-electron chi connectivity index (χ4n) is 7.32. The van der Waals surface area contributed by atoms with Gasteiger partial charge in [0.25, 0.3) is 0 Å². The second-order valence-electron chi connectivity index (χ2n) is 14.5. The summed E-state index contributed by atoms with van der Waals surface area (Å²) in [6.07, 6.45) is 5.62. The molecule has 3 atom stereocenters. The minimum absolute atomic E-state index is 0.0577. The van der Waals surface area contributed by atoms with E-state index in [2.05, 4.69) is 100 Å². The van der Waals surface area contributed by atoms with Crippen molar-refractivity contribution < 1.29 is 14.3 Å². The molecule has 2 amide bonds. The number of aromatic nitrogens is 3. The molecule has 1 unspecified atom stereocenters. The quantitative estimate of drug-likeness (QED) is 0.247. The Labute approximate surface area is 277 Å². The zero-order valence-corrected chi connectivity index (χ0v) is 28.3. The predicted octanol–water partition coefficient (Wildman–Crippen LogP) is 6.58. The minimum atomic E-state index is -0.209. The van der Waals surface area contributed by atoms with E-state index in [9.17, 15) is 4.79 Å². The number of rotatable bonds is 6. The van der Waals surface area contributed by atoms with Crippen LogP contribution >= 0.6 is 0 Å². The number of benzene rings is 2. The predicted molar refractivity (Wildman–Crippen MR) is 184 cm³/mol. The molecule has 2 N–H and O–H groups in total. The normalized spacial score (nSPS) is 23.5. The fourth-order valence-corrected chi connectivity index (χ4v) is 7.32. The third-order valence-corrected chi connectivity index (χ3v) is 10.3. The Hall–Kier alpha value is -4.15. The van der Waals surface area contributed by atoms with Gasteiger partial charge < -0.3 is 25.0 Å². The zero-order chi connectivity index (χ0) is 32.8. The largest absolute Gasteiger partial charge is 0.484 e. The fraction of sp³-hybridized carbons (Fsp3) is 0.486. The summed E-state index contributed by atoms with van der Waals surface area (Å²) in [6, 6.07) is 18.3. The van der Waals surface area contributed by atoms with Gasteiger partial charge in [0.05, 0.1) is 31.0 Å². The third kappa shape index (κ3) is 6.28. The van der Waals surface area contributed by atoms with Crippen molar-refractivity contribution in [3.63, 3.8) is 0 Å². The van der Waals surface area contributed by atoms with Crippen LogP contribution in [0.25, 0.3) is 5.65 Å². The Bertz CT molecular complexity index is 1760. The van der Waals surface area contributed by atoms with E-state index in [0.29, 0.717) is 13.2 Å². The number of anilines is 2. The summed E-state index contributed by atoms with van der Waals surface area (Å²) in [5.41, 5.74) is 5.87. The van der Waals surface area contributed by atoms with Gasteiger partial charge in [-0.05, 0) is 98.6 Å². The zero-order valence-electron chi connectivity index (χ0n) is 28.3. The Kier molecular flexibility index (Phi) is 8.34. The van der Waals surface area contributed by atoms with E-state index < -0.39 is 0 Å². The first-order valence-electron chi connectivity index (χ1n) is 17.0. The molecule has 47 heavy (non-hydrogen) atoms. The van der Waals surface area contributed by atoms with Crippen LogP contribution in [0, 0.1) is 0 Å². The molecule has 2 aromatic heterocycles. The van der Waals surface area contributed by atoms with Crippen molar-refractivity contribution in [2.45, 2.75) is 76.5 Å². The smallest absolute Gasteiger partial charge is 0.319 e. The molecule has 0 radical (unpaired) electrons. The molecule has 2 aliphatic heterocycles. The Morgan fingerprint density at radius 1 is 1.00 bits per heavy atom. The van der Waals surface area contributed by atoms with Crippen LogP contribution in [-0.2, 0) is 15.7 Å². The lowest BCUT2D eigenvalue weighted by Gasteiger charge is -2.33. The van der Waals surface area contributed by atoms with Crippen molar-refractivity contribution in [1.82, 2.24) is 24.8 Å². The SMILES string of the molecule is CN1CCCC1(C)c1nnc2ccc(O[C@@H]3CC[C@H](NC(=O)Nc4cc(N5CCOCC5)cc(C(C)(C)C)c4)c4ccccc43)cn12. The second kappa shape index (κ2) is 12.5. The number of hydrogen-bond acceptors (Lipinski definition) is 7. The first-order chi connectivity index (χ1) is 22.6. The van der Waals surface area contributed by atoms with Gasteiger partial charge in [0.2, 0.25) is 0 Å². The van der Waals surface area contributed by atoms with Gasteiger partial charge in [-0.2, -0.15) is 0 Å². The van der Waals surface area contributed by atoms with Crippen molar-refractivity contribution in [2.24, 2.45) is 0 Å². The molecule has 3 aliphatic rings. The second-order valence-corrected chi connectivity index (χ2v) is 14.5. The maximum Gasteiger partial charge on any atom is 0.319 e. The van der Waals surface area contributed by atoms with Crippen LogP contribution in [0.5, 0.6) is 5.75 Å². The lowest BCUT2D eigenvalue weighted by molar-refractivity contribution is 0.122. The molecule has 1 aliphatic carbocycles. The van der Waals surface area contributed by atoms with Crippen molar-refractivity contribution in [1.29, 1.82) is 0 Å². The summed E-state index contributed by atoms with van der Waals surface area (Å²) in [5, 5.41) is 15.5. The topological polar surface area (TPSA) is 96.3 Å². The number of fused-ring (bicyclic) bond motifs is 2. The monoisotopic (exact) mass is 637 g/mol. The number of likely N-dealkylation sites (tertiary alicyclic amines) is 1. The Morgan fingerprint density at radius 3 is 2.53 bits per heavy atom. The highest BCUT2D eigenvalue weighted by Gasteiger charge is 2.40. The average molecular weight is 638 g/mol. The summed E-state index contributed by atoms with van der Waals surface area (Å²) in [4.78, 5) is 18.2. The molecule has 4 aromatic rings. The van der Waals surface area contributed by atoms with Crippen LogP contribution in [0.2, 0.25) is 0 Å². The number of carbonyl (C=O) groups excluding carboxylic acids is 1. The molecule has 0 spiro atoms. The molecular formula is C37H47N7O3. The van der Waals surface area contributed by atoms with Crippen LogP contribution in [0.1, 0.15) is 88.0 Å². The molecule has 4 heterocycles. The van der Waals surface area contributed by atoms with Crippen molar-refractivity contribution >= 4 is 23.1 Å². The molecule has 10 heteroatoms. The molecule has 248 valence electrons. The first-order valence-corrected chi connectivity index (χ1v) is 17.0. The number of hydrogen-bond donors (Lipinski definition) is 2. The van der Waals surface area contributed by atoms with E-state index in [1.165, 1.54) is 5.56 Å². The molecule has 0 saturated carbocycles. The number of pyridine rings is 1. The Morgan fingerprint density at radius 2 is 1.79 bits per heavy atom. The van der Waals surface area contributed by atoms with Gasteiger partial charge in [-0.3, -0.25) is 9.30 Å². The van der Waals surface area contributed by atoms with Gasteiger partial charge in [-0.1, -0.05) is 45.0 Å². The van der Waals surface area contributed by atoms with Crippen molar-refractivity contribution in [3.8, 4) is 5.75 Å². The number of urea groups is 1. The summed E-state index contributed by atoms with van der Waals surface area (Å²) >= 11 is 0. The van der Waals surface area contributed by atoms with Crippen LogP contribution in [0.4, 0.5) is 16.2 Å². The summed E-state index contributed by atoms with van der Waals surface area (Å²) < 4.78 is 14.3. The summed E-state index contributed by atoms with van der Waals surface area (Å²) in [5.74, 6) is 1.73. The number of nitrogens with one attached hydrogen (secondary N) is 2. The van der Waals surface area contributed by atoms with E-state index in [0.717, 1.165) is 85.0 Å². The van der Waals surface area contributed by atoms with E-state index in [1.54, 1.807) is 0 Å². The summed E-state index contributed by atoms with van der Waals surface area (Å²) in [7, 11) is 2.16. The highest BCUT2D eigenvalue weighted by molar-refractivity contribution is 5.90. The average Bonchev–Trinajstić information content (AvgIpc) is 3.64. The van der Waals surface area contributed by atoms with E-state index in [4.69, 9.17) is 9.47 Å². The standard InChI is InChI=1S/C37H47N7O3/c1-36(2,3)25-21-26(23-27(22-25)43-17-19-46-20-18-43)38-35(45)39-31-12-13-32(30-10-7-6-9-29(30)31)47-28-11-14-33-40-41-34(44(33)24-28)37(4)15-8-16-42(37)5/h6-7,9-11,14,21-24,31-32H,8,12-13,15-20H2,1-5H3,(H2,38,39,45)/t31-,32+,37?/m0/s1. The number of carbonyl (C=O) groups is 1. The van der Waals surface area contributed by atoms with Crippen LogP contribution in [0.3, 0.4) is 0 Å². The highest BCUT2D eigenvalue weighted by Crippen LogP contribution is 2.40. The van der Waals surface area contributed by atoms with E-state index in [-0.39, 0.29) is 29.1 Å². The number of morpholine rings is 1. The highest BCUT2D eigenvalue weighted by atomic mass is 16.5. The number of nitrogens with zero attached hydrogens (tertiary/aromatic N) is 5. The molecule has 2 saturated heterocycles. The van der Waals surface area contributed by atoms with E-state index in [1.807, 2.05) is 30.5 Å². The molecule has 7 rings (SSSR count). The molecule has 2 aromatic carbocycles. The number of amides is 2. The molecule has 2 fully saturated rings. The lowest BCUT2D eigenvalue weighted by Crippen LogP contribution is -2.37. The summed E-state index contributed by atoms with van der Waals surface area (Å²) in [6.45, 7) is 13.0. The van der Waals surface area contributed by atoms with Gasteiger partial charge in [-0.25, -0.2) is 4.79 Å². The van der Waals surface area contributed by atoms with Gasteiger partial charge in [0.15, 0.2) is 11.5 Å². The maximum atomic E-state index is 13.5. The third-order valence-electron chi connectivity index (χ3n) is 10.3. The van der Waals surface area contributed by atoms with E-state index >= 15 is 0 Å². The first kappa shape index (κ1) is 31.4. The number of ether oxygens (including phenoxy) is 2. The minimum Gasteiger partial charge on any atom is -0.484 e. The lowest BCUT2D eigenvalue weighted by atomic mass is 9.85. The van der Waals surface area contributed by atoms with Crippen LogP contribution < -0.4 is 20.3 Å². The Balaban J connectivity index is 1.08. The van der Waals surface area contributed by atoms with Gasteiger partial charge in [0.1, 0.15) is 11.9 Å². The van der Waals surface area contributed by atoms with Crippen molar-refractivity contribution in [3.05, 3.63) is 83.3 Å². The molecule has 0 bridgehead atoms. The van der Waals surface area contributed by atoms with Crippen molar-refractivity contribution in [2.75, 3.05) is 50.1 Å².